The summed E-state index contributed by atoms with van der Waals surface area (Å²) in [5, 5.41) is 9.23. The molecule has 0 saturated heterocycles. The lowest BCUT2D eigenvalue weighted by Gasteiger charge is -2.17. The number of benzene rings is 1. The summed E-state index contributed by atoms with van der Waals surface area (Å²) in [5.74, 6) is -1.29. The molecule has 1 aliphatic rings. The van der Waals surface area contributed by atoms with Gasteiger partial charge in [0.05, 0.1) is 11.3 Å². The van der Waals surface area contributed by atoms with Crippen molar-refractivity contribution in [3.8, 4) is 0 Å². The monoisotopic (exact) mass is 261 g/mol. The van der Waals surface area contributed by atoms with E-state index < -0.39 is 17.3 Å². The molecule has 1 unspecified atom stereocenters. The fourth-order valence-corrected chi connectivity index (χ4v) is 2.76. The summed E-state index contributed by atoms with van der Waals surface area (Å²) in [6, 6.07) is 5.54. The fourth-order valence-electron chi connectivity index (χ4n) is 2.76. The van der Waals surface area contributed by atoms with Crippen LogP contribution in [0.2, 0.25) is 0 Å². The molecule has 0 radical (unpaired) electrons. The molecule has 1 N–H and O–H groups in total. The van der Waals surface area contributed by atoms with Gasteiger partial charge >= 0.3 is 5.97 Å². The maximum Gasteiger partial charge on any atom is 0.310 e. The minimum atomic E-state index is -0.821. The van der Waals surface area contributed by atoms with Gasteiger partial charge in [0.15, 0.2) is 0 Å². The third-order valence-corrected chi connectivity index (χ3v) is 4.00. The van der Waals surface area contributed by atoms with Crippen LogP contribution in [0.4, 0.5) is 5.69 Å². The van der Waals surface area contributed by atoms with E-state index in [-0.39, 0.29) is 5.91 Å². The molecule has 1 atom stereocenters. The molecule has 0 aromatic heterocycles. The summed E-state index contributed by atoms with van der Waals surface area (Å²) in [4.78, 5) is 25.1. The number of fused-ring (bicyclic) bond motifs is 1. The average molecular weight is 261 g/mol. The quantitative estimate of drug-likeness (QED) is 0.909. The summed E-state index contributed by atoms with van der Waals surface area (Å²) in [5.41, 5.74) is 1.97. The second-order valence-corrected chi connectivity index (χ2v) is 5.56. The van der Waals surface area contributed by atoms with E-state index in [4.69, 9.17) is 0 Å². The second kappa shape index (κ2) is 4.37. The van der Waals surface area contributed by atoms with Crippen molar-refractivity contribution >= 4 is 17.6 Å². The van der Waals surface area contributed by atoms with E-state index in [1.54, 1.807) is 11.9 Å². The highest BCUT2D eigenvalue weighted by Gasteiger charge is 2.42. The van der Waals surface area contributed by atoms with Crippen molar-refractivity contribution in [1.29, 1.82) is 0 Å². The highest BCUT2D eigenvalue weighted by Crippen LogP contribution is 2.42. The zero-order valence-electron chi connectivity index (χ0n) is 11.7. The van der Waals surface area contributed by atoms with E-state index >= 15 is 0 Å². The molecule has 0 saturated carbocycles. The lowest BCUT2D eigenvalue weighted by molar-refractivity contribution is -0.138. The Morgan fingerprint density at radius 1 is 1.42 bits per heavy atom. The van der Waals surface area contributed by atoms with Gasteiger partial charge in [-0.1, -0.05) is 19.1 Å². The highest BCUT2D eigenvalue weighted by atomic mass is 16.4. The lowest BCUT2D eigenvalue weighted by atomic mass is 9.83. The van der Waals surface area contributed by atoms with Crippen LogP contribution in [0, 0.1) is 0 Å². The number of nitrogens with zero attached hydrogens (tertiary/aromatic N) is 1. The minimum absolute atomic E-state index is 0.0445. The van der Waals surface area contributed by atoms with E-state index in [9.17, 15) is 14.7 Å². The Kier molecular flexibility index (Phi) is 3.12. The standard InChI is InChI=1S/C15H19NO3/c1-5-10(13(17)18)9-6-7-12-11(8-9)15(2,3)14(19)16(12)4/h6-8,10H,5H2,1-4H3,(H,17,18). The SMILES string of the molecule is CCC(C(=O)O)c1ccc2c(c1)C(C)(C)C(=O)N2C. The van der Waals surface area contributed by atoms with Gasteiger partial charge in [0.2, 0.25) is 5.91 Å². The first-order valence-corrected chi connectivity index (χ1v) is 6.46. The molecule has 1 amide bonds. The van der Waals surface area contributed by atoms with Crippen LogP contribution in [0.1, 0.15) is 44.2 Å². The molecule has 0 aliphatic carbocycles. The van der Waals surface area contributed by atoms with Crippen molar-refractivity contribution in [3.63, 3.8) is 0 Å². The first-order chi connectivity index (χ1) is 8.80. The lowest BCUT2D eigenvalue weighted by Crippen LogP contribution is -2.33. The van der Waals surface area contributed by atoms with Gasteiger partial charge in [0.1, 0.15) is 0 Å². The predicted molar refractivity (Wildman–Crippen MR) is 73.5 cm³/mol. The van der Waals surface area contributed by atoms with E-state index in [1.165, 1.54) is 0 Å². The molecule has 102 valence electrons. The van der Waals surface area contributed by atoms with E-state index in [1.807, 2.05) is 39.0 Å². The molecule has 19 heavy (non-hydrogen) atoms. The summed E-state index contributed by atoms with van der Waals surface area (Å²) < 4.78 is 0. The van der Waals surface area contributed by atoms with Gasteiger partial charge in [-0.05, 0) is 37.5 Å². The number of carbonyl (C=O) groups excluding carboxylic acids is 1. The third kappa shape index (κ3) is 1.91. The Hall–Kier alpha value is -1.84. The van der Waals surface area contributed by atoms with Gasteiger partial charge in [-0.3, -0.25) is 9.59 Å². The maximum absolute atomic E-state index is 12.2. The van der Waals surface area contributed by atoms with Gasteiger partial charge in [-0.2, -0.15) is 0 Å². The molecule has 1 heterocycles. The van der Waals surface area contributed by atoms with Crippen LogP contribution in [-0.2, 0) is 15.0 Å². The van der Waals surface area contributed by atoms with Crippen LogP contribution in [0.25, 0.3) is 0 Å². The van der Waals surface area contributed by atoms with Crippen LogP contribution < -0.4 is 4.90 Å². The van der Waals surface area contributed by atoms with E-state index in [2.05, 4.69) is 0 Å². The van der Waals surface area contributed by atoms with Crippen LogP contribution in [-0.4, -0.2) is 24.0 Å². The topological polar surface area (TPSA) is 57.6 Å². The van der Waals surface area contributed by atoms with Gasteiger partial charge in [0, 0.05) is 12.7 Å². The van der Waals surface area contributed by atoms with Crippen LogP contribution in [0.3, 0.4) is 0 Å². The van der Waals surface area contributed by atoms with Crippen molar-refractivity contribution < 1.29 is 14.7 Å². The number of amides is 1. The smallest absolute Gasteiger partial charge is 0.310 e. The molecular formula is C15H19NO3. The molecular weight excluding hydrogens is 242 g/mol. The molecule has 1 aromatic carbocycles. The number of carboxylic acid groups (broad SMARTS) is 1. The van der Waals surface area contributed by atoms with Crippen molar-refractivity contribution in [1.82, 2.24) is 0 Å². The van der Waals surface area contributed by atoms with Crippen LogP contribution in [0.5, 0.6) is 0 Å². The highest BCUT2D eigenvalue weighted by molar-refractivity contribution is 6.07. The number of carboxylic acids is 1. The van der Waals surface area contributed by atoms with E-state index in [0.29, 0.717) is 6.42 Å². The first kappa shape index (κ1) is 13.6. The van der Waals surface area contributed by atoms with Crippen LogP contribution in [0.15, 0.2) is 18.2 Å². The Balaban J connectivity index is 2.54. The molecule has 2 rings (SSSR count). The summed E-state index contributed by atoms with van der Waals surface area (Å²) >= 11 is 0. The number of likely N-dealkylation sites (N-methyl/N-ethyl adjacent to an activating group) is 1. The van der Waals surface area contributed by atoms with Crippen molar-refractivity contribution in [2.75, 3.05) is 11.9 Å². The number of rotatable bonds is 3. The summed E-state index contributed by atoms with van der Waals surface area (Å²) in [7, 11) is 1.75. The number of hydrogen-bond acceptors (Lipinski definition) is 2. The maximum atomic E-state index is 12.2. The van der Waals surface area contributed by atoms with Crippen LogP contribution >= 0.6 is 0 Å². The Labute approximate surface area is 113 Å². The largest absolute Gasteiger partial charge is 0.481 e. The molecule has 1 aliphatic heterocycles. The molecule has 4 nitrogen and oxygen atoms in total. The van der Waals surface area contributed by atoms with Crippen molar-refractivity contribution in [2.24, 2.45) is 0 Å². The zero-order chi connectivity index (χ0) is 14.4. The fraction of sp³-hybridized carbons (Fsp3) is 0.467. The molecule has 4 heteroatoms. The molecule has 0 bridgehead atoms. The first-order valence-electron chi connectivity index (χ1n) is 6.46. The Morgan fingerprint density at radius 2 is 2.05 bits per heavy atom. The average Bonchev–Trinajstić information content (AvgIpc) is 2.52. The summed E-state index contributed by atoms with van der Waals surface area (Å²) in [6.07, 6.45) is 0.540. The normalized spacial score (nSPS) is 18.3. The van der Waals surface area contributed by atoms with Crippen molar-refractivity contribution in [3.05, 3.63) is 29.3 Å². The number of aliphatic carboxylic acids is 1. The molecule has 0 spiro atoms. The summed E-state index contributed by atoms with van der Waals surface area (Å²) in [6.45, 7) is 5.61. The van der Waals surface area contributed by atoms with Gasteiger partial charge in [-0.15, -0.1) is 0 Å². The predicted octanol–water partition coefficient (Wildman–Crippen LogP) is 2.52. The Bertz CT molecular complexity index is 548. The number of hydrogen-bond donors (Lipinski definition) is 1. The van der Waals surface area contributed by atoms with Gasteiger partial charge in [0.25, 0.3) is 0 Å². The van der Waals surface area contributed by atoms with Gasteiger partial charge in [-0.25, -0.2) is 0 Å². The molecule has 0 fully saturated rings. The second-order valence-electron chi connectivity index (χ2n) is 5.56. The van der Waals surface area contributed by atoms with E-state index in [0.717, 1.165) is 16.8 Å². The molecule has 1 aromatic rings. The number of carbonyl (C=O) groups is 2. The third-order valence-electron chi connectivity index (χ3n) is 4.00. The zero-order valence-corrected chi connectivity index (χ0v) is 11.7. The van der Waals surface area contributed by atoms with Gasteiger partial charge < -0.3 is 10.0 Å². The minimum Gasteiger partial charge on any atom is -0.481 e. The van der Waals surface area contributed by atoms with Crippen molar-refractivity contribution in [2.45, 2.75) is 38.5 Å². The Morgan fingerprint density at radius 3 is 2.58 bits per heavy atom. The number of anilines is 1.